The number of methoxy groups -OCH3 is 3. The van der Waals surface area contributed by atoms with Crippen molar-refractivity contribution in [3.63, 3.8) is 0 Å². The fourth-order valence-corrected chi connectivity index (χ4v) is 1.58. The number of ether oxygens (including phenoxy) is 3. The molecule has 5 nitrogen and oxygen atoms in total. The molecule has 0 unspecified atom stereocenters. The van der Waals surface area contributed by atoms with E-state index in [1.807, 2.05) is 12.1 Å². The van der Waals surface area contributed by atoms with Crippen molar-refractivity contribution in [1.29, 1.82) is 0 Å². The largest absolute Gasteiger partial charge is 0.497 e. The Bertz CT molecular complexity index is 435. The van der Waals surface area contributed by atoms with E-state index in [9.17, 15) is 4.79 Å². The maximum absolute atomic E-state index is 11.6. The quantitative estimate of drug-likeness (QED) is 0.583. The summed E-state index contributed by atoms with van der Waals surface area (Å²) in [4.78, 5) is 11.6. The second kappa shape index (κ2) is 8.98. The minimum absolute atomic E-state index is 0.136. The summed E-state index contributed by atoms with van der Waals surface area (Å²) >= 11 is 0. The van der Waals surface area contributed by atoms with Gasteiger partial charge in [-0.15, -0.1) is 0 Å². The molecule has 0 saturated carbocycles. The first-order chi connectivity index (χ1) is 9.69. The van der Waals surface area contributed by atoms with Crippen molar-refractivity contribution in [2.24, 2.45) is 0 Å². The lowest BCUT2D eigenvalue weighted by molar-refractivity contribution is -0.116. The van der Waals surface area contributed by atoms with Crippen molar-refractivity contribution >= 4 is 12.0 Å². The maximum atomic E-state index is 11.6. The van der Waals surface area contributed by atoms with Crippen molar-refractivity contribution in [2.75, 3.05) is 34.5 Å². The minimum Gasteiger partial charge on any atom is -0.497 e. The van der Waals surface area contributed by atoms with Crippen LogP contribution in [0.1, 0.15) is 12.0 Å². The summed E-state index contributed by atoms with van der Waals surface area (Å²) in [6, 6.07) is 5.44. The van der Waals surface area contributed by atoms with Crippen LogP contribution in [0, 0.1) is 0 Å². The summed E-state index contributed by atoms with van der Waals surface area (Å²) in [6.07, 6.45) is 4.00. The van der Waals surface area contributed by atoms with Gasteiger partial charge in [0.1, 0.15) is 11.5 Å². The van der Waals surface area contributed by atoms with Crippen LogP contribution in [0.15, 0.2) is 24.3 Å². The highest BCUT2D eigenvalue weighted by atomic mass is 16.5. The third-order valence-corrected chi connectivity index (χ3v) is 2.63. The van der Waals surface area contributed by atoms with Crippen LogP contribution in [0.2, 0.25) is 0 Å². The molecule has 1 aromatic rings. The lowest BCUT2D eigenvalue weighted by Gasteiger charge is -2.06. The normalized spacial score (nSPS) is 10.6. The smallest absolute Gasteiger partial charge is 0.244 e. The van der Waals surface area contributed by atoms with Crippen molar-refractivity contribution in [3.8, 4) is 11.5 Å². The van der Waals surface area contributed by atoms with Gasteiger partial charge in [-0.05, 0) is 30.2 Å². The van der Waals surface area contributed by atoms with Crippen molar-refractivity contribution in [3.05, 3.63) is 29.8 Å². The van der Waals surface area contributed by atoms with Gasteiger partial charge in [-0.1, -0.05) is 0 Å². The van der Waals surface area contributed by atoms with Gasteiger partial charge in [0.05, 0.1) is 14.2 Å². The van der Waals surface area contributed by atoms with Gasteiger partial charge in [0.15, 0.2) is 0 Å². The molecule has 1 rings (SSSR count). The molecule has 20 heavy (non-hydrogen) atoms. The van der Waals surface area contributed by atoms with Crippen LogP contribution in [0.5, 0.6) is 11.5 Å². The number of hydrogen-bond donors (Lipinski definition) is 1. The number of nitrogens with one attached hydrogen (secondary N) is 1. The van der Waals surface area contributed by atoms with Crippen LogP contribution in [-0.4, -0.2) is 40.4 Å². The second-order valence-electron chi connectivity index (χ2n) is 4.12. The van der Waals surface area contributed by atoms with Crippen LogP contribution in [-0.2, 0) is 9.53 Å². The molecule has 0 atom stereocenters. The lowest BCUT2D eigenvalue weighted by Crippen LogP contribution is -2.22. The fraction of sp³-hybridized carbons (Fsp3) is 0.400. The van der Waals surface area contributed by atoms with E-state index in [2.05, 4.69) is 5.32 Å². The minimum atomic E-state index is -0.136. The molecule has 0 saturated heterocycles. The predicted molar refractivity (Wildman–Crippen MR) is 78.1 cm³/mol. The van der Waals surface area contributed by atoms with Crippen LogP contribution < -0.4 is 14.8 Å². The first-order valence-corrected chi connectivity index (χ1v) is 6.37. The molecule has 0 heterocycles. The molecule has 5 heteroatoms. The third-order valence-electron chi connectivity index (χ3n) is 2.63. The first kappa shape index (κ1) is 16.0. The molecule has 0 aromatic heterocycles. The number of hydrogen-bond acceptors (Lipinski definition) is 4. The number of carbonyl (C=O) groups is 1. The summed E-state index contributed by atoms with van der Waals surface area (Å²) < 4.78 is 15.2. The average molecular weight is 279 g/mol. The van der Waals surface area contributed by atoms with E-state index in [1.54, 1.807) is 33.5 Å². The molecule has 1 aromatic carbocycles. The summed E-state index contributed by atoms with van der Waals surface area (Å²) in [6.45, 7) is 1.23. The number of benzene rings is 1. The molecule has 110 valence electrons. The Balaban J connectivity index is 2.58. The maximum Gasteiger partial charge on any atom is 0.244 e. The van der Waals surface area contributed by atoms with Crippen molar-refractivity contribution < 1.29 is 19.0 Å². The van der Waals surface area contributed by atoms with Crippen LogP contribution in [0.4, 0.5) is 0 Å². The number of amides is 1. The highest BCUT2D eigenvalue weighted by Gasteiger charge is 2.00. The van der Waals surface area contributed by atoms with Gasteiger partial charge in [0.25, 0.3) is 0 Å². The molecule has 0 aliphatic heterocycles. The zero-order chi connectivity index (χ0) is 14.8. The van der Waals surface area contributed by atoms with E-state index in [0.29, 0.717) is 24.7 Å². The average Bonchev–Trinajstić information content (AvgIpc) is 2.49. The Hall–Kier alpha value is -2.01. The van der Waals surface area contributed by atoms with Gasteiger partial charge in [0, 0.05) is 32.4 Å². The Kier molecular flexibility index (Phi) is 7.21. The number of rotatable bonds is 8. The molecule has 1 amide bonds. The molecule has 0 aliphatic carbocycles. The van der Waals surface area contributed by atoms with E-state index < -0.39 is 0 Å². The highest BCUT2D eigenvalue weighted by Crippen LogP contribution is 2.23. The zero-order valence-electron chi connectivity index (χ0n) is 12.1. The molecule has 0 fully saturated rings. The summed E-state index contributed by atoms with van der Waals surface area (Å²) in [5, 5.41) is 2.78. The van der Waals surface area contributed by atoms with Gasteiger partial charge < -0.3 is 19.5 Å². The molecular weight excluding hydrogens is 258 g/mol. The van der Waals surface area contributed by atoms with E-state index in [4.69, 9.17) is 14.2 Å². The molecule has 0 spiro atoms. The van der Waals surface area contributed by atoms with Crippen LogP contribution in [0.25, 0.3) is 6.08 Å². The summed E-state index contributed by atoms with van der Waals surface area (Å²) in [5.41, 5.74) is 0.841. The molecule has 0 aliphatic rings. The Morgan fingerprint density at radius 3 is 2.35 bits per heavy atom. The van der Waals surface area contributed by atoms with Gasteiger partial charge in [0.2, 0.25) is 5.91 Å². The molecule has 0 bridgehead atoms. The third kappa shape index (κ3) is 5.75. The van der Waals surface area contributed by atoms with Crippen molar-refractivity contribution in [1.82, 2.24) is 5.32 Å². The Morgan fingerprint density at radius 2 is 1.80 bits per heavy atom. The highest BCUT2D eigenvalue weighted by molar-refractivity contribution is 5.91. The Morgan fingerprint density at radius 1 is 1.15 bits per heavy atom. The zero-order valence-corrected chi connectivity index (χ0v) is 12.1. The van der Waals surface area contributed by atoms with E-state index >= 15 is 0 Å². The van der Waals surface area contributed by atoms with E-state index in [-0.39, 0.29) is 5.91 Å². The summed E-state index contributed by atoms with van der Waals surface area (Å²) in [5.74, 6) is 1.23. The standard InChI is InChI=1S/C15H21NO4/c1-18-8-4-7-16-15(17)6-5-12-9-13(19-2)11-14(10-12)20-3/h5-6,9-11H,4,7-8H2,1-3H3,(H,16,17)/b6-5+. The Labute approximate surface area is 119 Å². The first-order valence-electron chi connectivity index (χ1n) is 6.37. The fourth-order valence-electron chi connectivity index (χ4n) is 1.58. The molecular formula is C15H21NO4. The monoisotopic (exact) mass is 279 g/mol. The van der Waals surface area contributed by atoms with Crippen LogP contribution in [0.3, 0.4) is 0 Å². The molecule has 0 radical (unpaired) electrons. The second-order valence-corrected chi connectivity index (χ2v) is 4.12. The van der Waals surface area contributed by atoms with Crippen LogP contribution >= 0.6 is 0 Å². The lowest BCUT2D eigenvalue weighted by atomic mass is 10.2. The van der Waals surface area contributed by atoms with E-state index in [1.165, 1.54) is 6.08 Å². The predicted octanol–water partition coefficient (Wildman–Crippen LogP) is 1.87. The van der Waals surface area contributed by atoms with Gasteiger partial charge in [-0.2, -0.15) is 0 Å². The van der Waals surface area contributed by atoms with Crippen molar-refractivity contribution in [2.45, 2.75) is 6.42 Å². The van der Waals surface area contributed by atoms with Gasteiger partial charge >= 0.3 is 0 Å². The topological polar surface area (TPSA) is 56.8 Å². The number of carbonyl (C=O) groups excluding carboxylic acids is 1. The van der Waals surface area contributed by atoms with Gasteiger partial charge in [-0.25, -0.2) is 0 Å². The van der Waals surface area contributed by atoms with Gasteiger partial charge in [-0.3, -0.25) is 4.79 Å². The summed E-state index contributed by atoms with van der Waals surface area (Å²) in [7, 11) is 4.81. The van der Waals surface area contributed by atoms with E-state index in [0.717, 1.165) is 12.0 Å². The SMILES string of the molecule is COCCCNC(=O)/C=C/c1cc(OC)cc(OC)c1. The molecule has 1 N–H and O–H groups in total.